The lowest BCUT2D eigenvalue weighted by atomic mass is 9.93. The van der Waals surface area contributed by atoms with Gasteiger partial charge in [-0.2, -0.15) is 0 Å². The summed E-state index contributed by atoms with van der Waals surface area (Å²) < 4.78 is 4.89. The van der Waals surface area contributed by atoms with Crippen molar-refractivity contribution in [3.8, 4) is 0 Å². The topological polar surface area (TPSA) is 46.5 Å². The lowest BCUT2D eigenvalue weighted by Crippen LogP contribution is -2.30. The number of fused-ring (bicyclic) bond motifs is 2. The average Bonchev–Trinajstić information content (AvgIpc) is 2.74. The Labute approximate surface area is 87.7 Å². The highest BCUT2D eigenvalue weighted by atomic mass is 35.5. The molecule has 14 heavy (non-hydrogen) atoms. The van der Waals surface area contributed by atoms with Gasteiger partial charge in [0.15, 0.2) is 0 Å². The van der Waals surface area contributed by atoms with E-state index < -0.39 is 0 Å². The SMILES string of the molecule is O=C(OCCO)C1C2C=CC(C2)C1Cl. The van der Waals surface area contributed by atoms with Gasteiger partial charge in [-0.05, 0) is 18.3 Å². The van der Waals surface area contributed by atoms with Crippen molar-refractivity contribution in [1.29, 1.82) is 0 Å². The Kier molecular flexibility index (Phi) is 2.79. The maximum atomic E-state index is 11.6. The summed E-state index contributed by atoms with van der Waals surface area (Å²) in [7, 11) is 0. The van der Waals surface area contributed by atoms with Crippen LogP contribution in [-0.2, 0) is 9.53 Å². The summed E-state index contributed by atoms with van der Waals surface area (Å²) in [6.07, 6.45) is 5.10. The first-order valence-corrected chi connectivity index (χ1v) is 5.27. The Morgan fingerprint density at radius 3 is 2.79 bits per heavy atom. The second kappa shape index (κ2) is 3.91. The van der Waals surface area contributed by atoms with Crippen LogP contribution in [0.25, 0.3) is 0 Å². The minimum atomic E-state index is -0.268. The van der Waals surface area contributed by atoms with E-state index in [4.69, 9.17) is 21.4 Å². The molecule has 0 aromatic carbocycles. The third kappa shape index (κ3) is 1.55. The molecule has 0 spiro atoms. The molecule has 2 aliphatic carbocycles. The number of aliphatic hydroxyl groups is 1. The fraction of sp³-hybridized carbons (Fsp3) is 0.700. The summed E-state index contributed by atoms with van der Waals surface area (Å²) in [4.78, 5) is 11.6. The lowest BCUT2D eigenvalue weighted by Gasteiger charge is -2.20. The van der Waals surface area contributed by atoms with E-state index in [9.17, 15) is 4.79 Å². The van der Waals surface area contributed by atoms with Gasteiger partial charge in [0.2, 0.25) is 0 Å². The number of ether oxygens (including phenoxy) is 1. The Balaban J connectivity index is 1.98. The van der Waals surface area contributed by atoms with E-state index in [-0.39, 0.29) is 36.4 Å². The molecule has 0 radical (unpaired) electrons. The summed E-state index contributed by atoms with van der Waals surface area (Å²) in [5, 5.41) is 8.40. The van der Waals surface area contributed by atoms with Gasteiger partial charge in [-0.15, -0.1) is 11.6 Å². The van der Waals surface area contributed by atoms with Crippen LogP contribution in [0, 0.1) is 17.8 Å². The molecule has 4 atom stereocenters. The van der Waals surface area contributed by atoms with Crippen LogP contribution in [0.2, 0.25) is 0 Å². The molecular formula is C10H13ClO3. The molecule has 2 rings (SSSR count). The molecule has 1 saturated carbocycles. The van der Waals surface area contributed by atoms with E-state index in [1.807, 2.05) is 0 Å². The number of halogens is 1. The van der Waals surface area contributed by atoms with Gasteiger partial charge in [-0.25, -0.2) is 0 Å². The molecule has 0 heterocycles. The third-order valence-corrected chi connectivity index (χ3v) is 3.57. The number of hydrogen-bond donors (Lipinski definition) is 1. The number of hydrogen-bond acceptors (Lipinski definition) is 3. The summed E-state index contributed by atoms with van der Waals surface area (Å²) in [5.74, 6) is 0.0937. The summed E-state index contributed by atoms with van der Waals surface area (Å²) in [5.41, 5.74) is 0. The van der Waals surface area contributed by atoms with Crippen molar-refractivity contribution in [2.75, 3.05) is 13.2 Å². The van der Waals surface area contributed by atoms with Gasteiger partial charge >= 0.3 is 5.97 Å². The van der Waals surface area contributed by atoms with Crippen LogP contribution < -0.4 is 0 Å². The van der Waals surface area contributed by atoms with Crippen LogP contribution in [-0.4, -0.2) is 29.7 Å². The number of allylic oxidation sites excluding steroid dienone is 2. The Hall–Kier alpha value is -0.540. The van der Waals surface area contributed by atoms with E-state index in [0.29, 0.717) is 5.92 Å². The standard InChI is InChI=1S/C10H13ClO3/c11-9-7-2-1-6(5-7)8(9)10(13)14-4-3-12/h1-2,6-9,12H,3-5H2. The van der Waals surface area contributed by atoms with Gasteiger partial charge in [-0.1, -0.05) is 12.2 Å². The second-order valence-electron chi connectivity index (χ2n) is 3.81. The van der Waals surface area contributed by atoms with Gasteiger partial charge in [0.25, 0.3) is 0 Å². The Bertz CT molecular complexity index is 264. The van der Waals surface area contributed by atoms with Gasteiger partial charge in [0.05, 0.1) is 17.9 Å². The summed E-state index contributed by atoms with van der Waals surface area (Å²) in [6.45, 7) is -0.0601. The maximum Gasteiger partial charge on any atom is 0.311 e. The number of esters is 1. The van der Waals surface area contributed by atoms with Crippen LogP contribution in [0.5, 0.6) is 0 Å². The third-order valence-electron chi connectivity index (χ3n) is 2.97. The second-order valence-corrected chi connectivity index (χ2v) is 4.31. The number of rotatable bonds is 3. The number of carbonyl (C=O) groups is 1. The number of carbonyl (C=O) groups excluding carboxylic acids is 1. The van der Waals surface area contributed by atoms with Crippen LogP contribution in [0.1, 0.15) is 6.42 Å². The van der Waals surface area contributed by atoms with E-state index in [0.717, 1.165) is 6.42 Å². The molecule has 2 aliphatic rings. The van der Waals surface area contributed by atoms with Crippen molar-refractivity contribution >= 4 is 17.6 Å². The number of aliphatic hydroxyl groups excluding tert-OH is 1. The lowest BCUT2D eigenvalue weighted by molar-refractivity contribution is -0.150. The van der Waals surface area contributed by atoms with Crippen molar-refractivity contribution in [3.63, 3.8) is 0 Å². The van der Waals surface area contributed by atoms with Crippen molar-refractivity contribution in [3.05, 3.63) is 12.2 Å². The fourth-order valence-corrected chi connectivity index (χ4v) is 2.79. The molecule has 4 unspecified atom stereocenters. The predicted octanol–water partition coefficient (Wildman–Crippen LogP) is 0.951. The van der Waals surface area contributed by atoms with E-state index in [1.165, 1.54) is 0 Å². The predicted molar refractivity (Wildman–Crippen MR) is 51.9 cm³/mol. The Morgan fingerprint density at radius 2 is 2.21 bits per heavy atom. The zero-order valence-electron chi connectivity index (χ0n) is 7.73. The summed E-state index contributed by atoms with van der Waals surface area (Å²) in [6, 6.07) is 0. The maximum absolute atomic E-state index is 11.6. The first-order chi connectivity index (χ1) is 6.74. The van der Waals surface area contributed by atoms with Gasteiger partial charge in [0.1, 0.15) is 6.61 Å². The minimum absolute atomic E-state index is 0.0695. The van der Waals surface area contributed by atoms with Crippen LogP contribution in [0.4, 0.5) is 0 Å². The highest BCUT2D eigenvalue weighted by Gasteiger charge is 2.48. The Morgan fingerprint density at radius 1 is 1.50 bits per heavy atom. The molecule has 2 bridgehead atoms. The molecule has 4 heteroatoms. The molecule has 0 amide bonds. The first-order valence-electron chi connectivity index (χ1n) is 4.84. The van der Waals surface area contributed by atoms with Crippen molar-refractivity contribution < 1.29 is 14.6 Å². The zero-order chi connectivity index (χ0) is 10.1. The first kappa shape index (κ1) is 9.99. The molecular weight excluding hydrogens is 204 g/mol. The average molecular weight is 217 g/mol. The summed E-state index contributed by atoms with van der Waals surface area (Å²) >= 11 is 6.13. The monoisotopic (exact) mass is 216 g/mol. The highest BCUT2D eigenvalue weighted by molar-refractivity contribution is 6.22. The van der Waals surface area contributed by atoms with Gasteiger partial charge < -0.3 is 9.84 Å². The highest BCUT2D eigenvalue weighted by Crippen LogP contribution is 2.46. The van der Waals surface area contributed by atoms with Crippen LogP contribution >= 0.6 is 11.6 Å². The molecule has 1 N–H and O–H groups in total. The quantitative estimate of drug-likeness (QED) is 0.434. The van der Waals surface area contributed by atoms with Crippen LogP contribution in [0.3, 0.4) is 0 Å². The van der Waals surface area contributed by atoms with E-state index >= 15 is 0 Å². The molecule has 1 fully saturated rings. The molecule has 78 valence electrons. The van der Waals surface area contributed by atoms with Crippen molar-refractivity contribution in [2.45, 2.75) is 11.8 Å². The van der Waals surface area contributed by atoms with Gasteiger partial charge in [-0.3, -0.25) is 4.79 Å². The minimum Gasteiger partial charge on any atom is -0.463 e. The smallest absolute Gasteiger partial charge is 0.311 e. The van der Waals surface area contributed by atoms with Crippen LogP contribution in [0.15, 0.2) is 12.2 Å². The van der Waals surface area contributed by atoms with Crippen molar-refractivity contribution in [1.82, 2.24) is 0 Å². The van der Waals surface area contributed by atoms with E-state index in [2.05, 4.69) is 12.2 Å². The molecule has 0 aliphatic heterocycles. The normalized spacial score (nSPS) is 39.0. The van der Waals surface area contributed by atoms with E-state index in [1.54, 1.807) is 0 Å². The molecule has 3 nitrogen and oxygen atoms in total. The van der Waals surface area contributed by atoms with Gasteiger partial charge in [0, 0.05) is 0 Å². The largest absolute Gasteiger partial charge is 0.463 e. The molecule has 0 aromatic rings. The fourth-order valence-electron chi connectivity index (χ4n) is 2.31. The molecule has 0 saturated heterocycles. The molecule has 0 aromatic heterocycles. The van der Waals surface area contributed by atoms with Crippen molar-refractivity contribution in [2.24, 2.45) is 17.8 Å². The zero-order valence-corrected chi connectivity index (χ0v) is 8.48. The number of alkyl halides is 1.